The van der Waals surface area contributed by atoms with Crippen LogP contribution in [0.25, 0.3) is 0 Å². The van der Waals surface area contributed by atoms with Crippen molar-refractivity contribution in [3.05, 3.63) is 40.4 Å². The quantitative estimate of drug-likeness (QED) is 0.888. The highest BCUT2D eigenvalue weighted by molar-refractivity contribution is 8.03. The summed E-state index contributed by atoms with van der Waals surface area (Å²) in [4.78, 5) is 11.7. The summed E-state index contributed by atoms with van der Waals surface area (Å²) in [6, 6.07) is 8.92. The average molecular weight is 274 g/mol. The molecule has 0 radical (unpaired) electrons. The van der Waals surface area contributed by atoms with Gasteiger partial charge in [-0.3, -0.25) is 4.79 Å². The molecule has 0 bridgehead atoms. The van der Waals surface area contributed by atoms with Crippen molar-refractivity contribution in [3.63, 3.8) is 0 Å². The molecular weight excluding hydrogens is 260 g/mol. The lowest BCUT2D eigenvalue weighted by molar-refractivity contribution is -0.120. The van der Waals surface area contributed by atoms with E-state index in [-0.39, 0.29) is 24.0 Å². The van der Waals surface area contributed by atoms with Gasteiger partial charge in [-0.05, 0) is 23.4 Å². The van der Waals surface area contributed by atoms with Gasteiger partial charge in [-0.15, -0.1) is 11.8 Å². The number of allylic oxidation sites excluding steroid dienone is 1. The third-order valence-electron chi connectivity index (χ3n) is 2.92. The van der Waals surface area contributed by atoms with Gasteiger partial charge in [0, 0.05) is 12.3 Å². The number of carbonyl (C=O) groups excluding carboxylic acids is 1. The van der Waals surface area contributed by atoms with Crippen LogP contribution in [0.3, 0.4) is 0 Å². The van der Waals surface area contributed by atoms with Crippen molar-refractivity contribution in [1.29, 1.82) is 5.26 Å². The van der Waals surface area contributed by atoms with Crippen LogP contribution in [0.4, 0.5) is 0 Å². The first-order chi connectivity index (χ1) is 9.15. The predicted octanol–water partition coefficient (Wildman–Crippen LogP) is 2.48. The number of benzene rings is 1. The molecule has 1 atom stereocenters. The van der Waals surface area contributed by atoms with E-state index in [1.807, 2.05) is 13.0 Å². The Morgan fingerprint density at radius 2 is 2.37 bits per heavy atom. The molecule has 5 heteroatoms. The van der Waals surface area contributed by atoms with E-state index in [9.17, 15) is 15.2 Å². The van der Waals surface area contributed by atoms with Crippen LogP contribution in [-0.4, -0.2) is 16.8 Å². The van der Waals surface area contributed by atoms with E-state index in [2.05, 4.69) is 11.4 Å². The number of nitriles is 1. The summed E-state index contributed by atoms with van der Waals surface area (Å²) >= 11 is 1.45. The van der Waals surface area contributed by atoms with Crippen LogP contribution in [0.15, 0.2) is 34.9 Å². The van der Waals surface area contributed by atoms with Gasteiger partial charge in [-0.25, -0.2) is 0 Å². The van der Waals surface area contributed by atoms with E-state index >= 15 is 0 Å². The lowest BCUT2D eigenvalue weighted by Crippen LogP contribution is -2.30. The Bertz CT molecular complexity index is 575. The number of phenolic OH excluding ortho intramolecular Hbond substituents is 1. The van der Waals surface area contributed by atoms with E-state index in [0.29, 0.717) is 10.6 Å². The van der Waals surface area contributed by atoms with Gasteiger partial charge in [0.15, 0.2) is 0 Å². The van der Waals surface area contributed by atoms with Crippen molar-refractivity contribution in [2.75, 3.05) is 5.75 Å². The molecule has 0 saturated heterocycles. The van der Waals surface area contributed by atoms with Gasteiger partial charge in [0.2, 0.25) is 5.91 Å². The number of carbonyl (C=O) groups is 1. The molecule has 0 aromatic heterocycles. The highest BCUT2D eigenvalue weighted by atomic mass is 32.2. The van der Waals surface area contributed by atoms with E-state index < -0.39 is 0 Å². The second kappa shape index (κ2) is 5.81. The molecule has 1 aliphatic heterocycles. The zero-order valence-corrected chi connectivity index (χ0v) is 11.3. The van der Waals surface area contributed by atoms with Crippen LogP contribution in [-0.2, 0) is 4.79 Å². The fourth-order valence-electron chi connectivity index (χ4n) is 2.10. The molecule has 19 heavy (non-hydrogen) atoms. The Labute approximate surface area is 116 Å². The van der Waals surface area contributed by atoms with Crippen LogP contribution >= 0.6 is 11.8 Å². The lowest BCUT2D eigenvalue weighted by atomic mass is 9.87. The van der Waals surface area contributed by atoms with Crippen molar-refractivity contribution in [1.82, 2.24) is 5.32 Å². The minimum atomic E-state index is -0.278. The van der Waals surface area contributed by atoms with Crippen LogP contribution in [0, 0.1) is 11.3 Å². The summed E-state index contributed by atoms with van der Waals surface area (Å²) < 4.78 is 0. The standard InChI is InChI=1S/C14H14N2O2S/c1-2-19-14-12(8-15)11(7-13(18)16-14)9-4-3-5-10(17)6-9/h3-6,11,17H,2,7H2,1H3,(H,16,18)/t11-/m0/s1. The number of phenols is 1. The highest BCUT2D eigenvalue weighted by Gasteiger charge is 2.29. The molecule has 4 nitrogen and oxygen atoms in total. The topological polar surface area (TPSA) is 73.1 Å². The zero-order chi connectivity index (χ0) is 13.8. The number of rotatable bonds is 3. The molecule has 1 heterocycles. The molecule has 2 N–H and O–H groups in total. The van der Waals surface area contributed by atoms with E-state index in [1.54, 1.807) is 18.2 Å². The summed E-state index contributed by atoms with van der Waals surface area (Å²) in [5.74, 6) is 0.557. The molecule has 1 aliphatic rings. The predicted molar refractivity (Wildman–Crippen MR) is 74.4 cm³/mol. The van der Waals surface area contributed by atoms with Gasteiger partial charge in [-0.2, -0.15) is 5.26 Å². The molecule has 0 saturated carbocycles. The fourth-order valence-corrected chi connectivity index (χ4v) is 2.92. The summed E-state index contributed by atoms with van der Waals surface area (Å²) in [6.45, 7) is 1.97. The van der Waals surface area contributed by atoms with E-state index in [1.165, 1.54) is 11.8 Å². The third-order valence-corrected chi connectivity index (χ3v) is 3.82. The zero-order valence-electron chi connectivity index (χ0n) is 10.5. The van der Waals surface area contributed by atoms with Crippen LogP contribution in [0.5, 0.6) is 5.75 Å². The third kappa shape index (κ3) is 2.91. The maximum Gasteiger partial charge on any atom is 0.225 e. The molecule has 1 aromatic carbocycles. The Balaban J connectivity index is 2.45. The monoisotopic (exact) mass is 274 g/mol. The molecule has 0 spiro atoms. The number of amides is 1. The normalized spacial score (nSPS) is 18.9. The number of hydrogen-bond acceptors (Lipinski definition) is 4. The summed E-state index contributed by atoms with van der Waals surface area (Å²) in [5.41, 5.74) is 1.36. The second-order valence-corrected chi connectivity index (χ2v) is 5.46. The van der Waals surface area contributed by atoms with Crippen LogP contribution in [0.2, 0.25) is 0 Å². The van der Waals surface area contributed by atoms with Crippen molar-refractivity contribution in [2.24, 2.45) is 0 Å². The smallest absolute Gasteiger partial charge is 0.225 e. The molecule has 2 rings (SSSR count). The summed E-state index contributed by atoms with van der Waals surface area (Å²) in [5, 5.41) is 22.3. The minimum absolute atomic E-state index is 0.0942. The van der Waals surface area contributed by atoms with Gasteiger partial charge in [-0.1, -0.05) is 19.1 Å². The molecule has 1 aromatic rings. The number of aromatic hydroxyl groups is 1. The minimum Gasteiger partial charge on any atom is -0.508 e. The first-order valence-electron chi connectivity index (χ1n) is 6.01. The van der Waals surface area contributed by atoms with Gasteiger partial charge in [0.05, 0.1) is 16.7 Å². The van der Waals surface area contributed by atoms with E-state index in [4.69, 9.17) is 0 Å². The Kier molecular flexibility index (Phi) is 4.13. The average Bonchev–Trinajstić information content (AvgIpc) is 2.38. The maximum absolute atomic E-state index is 11.7. The largest absolute Gasteiger partial charge is 0.508 e. The molecular formula is C14H14N2O2S. The Morgan fingerprint density at radius 1 is 1.58 bits per heavy atom. The van der Waals surface area contributed by atoms with Gasteiger partial charge in [0.1, 0.15) is 5.75 Å². The summed E-state index contributed by atoms with van der Waals surface area (Å²) in [7, 11) is 0. The number of hydrogen-bond donors (Lipinski definition) is 2. The Morgan fingerprint density at radius 3 is 3.00 bits per heavy atom. The number of nitrogens with one attached hydrogen (secondary N) is 1. The number of nitrogens with zero attached hydrogens (tertiary/aromatic N) is 1. The number of thioether (sulfide) groups is 1. The molecule has 1 amide bonds. The first-order valence-corrected chi connectivity index (χ1v) is 7.00. The molecule has 0 aliphatic carbocycles. The lowest BCUT2D eigenvalue weighted by Gasteiger charge is -2.24. The molecule has 0 unspecified atom stereocenters. The van der Waals surface area contributed by atoms with Crippen LogP contribution < -0.4 is 5.32 Å². The fraction of sp³-hybridized carbons (Fsp3) is 0.286. The SMILES string of the molecule is CCSC1=C(C#N)[C@H](c2cccc(O)c2)CC(=O)N1. The highest BCUT2D eigenvalue weighted by Crippen LogP contribution is 2.36. The van der Waals surface area contributed by atoms with Crippen molar-refractivity contribution < 1.29 is 9.90 Å². The van der Waals surface area contributed by atoms with Gasteiger partial charge in [0.25, 0.3) is 0 Å². The summed E-state index contributed by atoms with van der Waals surface area (Å²) in [6.07, 6.45) is 0.236. The van der Waals surface area contributed by atoms with Crippen molar-refractivity contribution in [2.45, 2.75) is 19.3 Å². The Hall–Kier alpha value is -1.93. The van der Waals surface area contributed by atoms with Gasteiger partial charge >= 0.3 is 0 Å². The molecule has 0 fully saturated rings. The van der Waals surface area contributed by atoms with Crippen molar-refractivity contribution >= 4 is 17.7 Å². The second-order valence-electron chi connectivity index (χ2n) is 4.19. The van der Waals surface area contributed by atoms with Crippen molar-refractivity contribution in [3.8, 4) is 11.8 Å². The first kappa shape index (κ1) is 13.5. The maximum atomic E-state index is 11.7. The van der Waals surface area contributed by atoms with Gasteiger partial charge < -0.3 is 10.4 Å². The van der Waals surface area contributed by atoms with E-state index in [0.717, 1.165) is 11.3 Å². The van der Waals surface area contributed by atoms with Crippen LogP contribution in [0.1, 0.15) is 24.8 Å². The molecule has 98 valence electrons.